The normalized spacial score (nSPS) is 42.6. The van der Waals surface area contributed by atoms with Gasteiger partial charge in [0.2, 0.25) is 0 Å². The summed E-state index contributed by atoms with van der Waals surface area (Å²) in [6, 6.07) is 0. The van der Waals surface area contributed by atoms with Crippen LogP contribution >= 0.6 is 0 Å². The van der Waals surface area contributed by atoms with Gasteiger partial charge in [-0.1, -0.05) is 12.2 Å². The van der Waals surface area contributed by atoms with E-state index in [4.69, 9.17) is 18.6 Å². The van der Waals surface area contributed by atoms with E-state index in [1.807, 2.05) is 0 Å². The quantitative estimate of drug-likeness (QED) is 0.557. The summed E-state index contributed by atoms with van der Waals surface area (Å²) in [7, 11) is -0.400. The SMILES string of the molecule is CC1(C)OB(C2C3C=CC(C3)C2B2OC(C)(C)C(C)(C)O2)OC1(C)C. The van der Waals surface area contributed by atoms with Crippen LogP contribution in [0.3, 0.4) is 0 Å². The smallest absolute Gasteiger partial charge is 0.403 e. The molecule has 4 atom stereocenters. The molecule has 0 spiro atoms. The van der Waals surface area contributed by atoms with Crippen LogP contribution in [0.4, 0.5) is 0 Å². The Kier molecular flexibility index (Phi) is 3.73. The van der Waals surface area contributed by atoms with Crippen LogP contribution in [0.15, 0.2) is 12.2 Å². The lowest BCUT2D eigenvalue weighted by Gasteiger charge is -2.32. The molecule has 2 saturated heterocycles. The van der Waals surface area contributed by atoms with Crippen LogP contribution in [0, 0.1) is 11.8 Å². The maximum absolute atomic E-state index is 6.43. The molecule has 3 fully saturated rings. The summed E-state index contributed by atoms with van der Waals surface area (Å²) in [6.07, 6.45) is 5.85. The molecule has 6 heteroatoms. The summed E-state index contributed by atoms with van der Waals surface area (Å²) < 4.78 is 25.7. The zero-order valence-corrected chi connectivity index (χ0v) is 17.0. The molecule has 2 aliphatic heterocycles. The van der Waals surface area contributed by atoms with E-state index < -0.39 is 0 Å². The minimum absolute atomic E-state index is 0.200. The monoisotopic (exact) mass is 346 g/mol. The molecule has 4 unspecified atom stereocenters. The predicted octanol–water partition coefficient (Wildman–Crippen LogP) is 4.12. The maximum Gasteiger partial charge on any atom is 0.461 e. The first-order valence-electron chi connectivity index (χ1n) is 9.74. The summed E-state index contributed by atoms with van der Waals surface area (Å²) in [4.78, 5) is 0. The molecule has 0 radical (unpaired) electrons. The Morgan fingerprint density at radius 1 is 0.600 bits per heavy atom. The summed E-state index contributed by atoms with van der Waals surface area (Å²) in [5, 5.41) is 0. The molecule has 4 nitrogen and oxygen atoms in total. The summed E-state index contributed by atoms with van der Waals surface area (Å²) >= 11 is 0. The molecule has 4 rings (SSSR count). The summed E-state index contributed by atoms with van der Waals surface area (Å²) in [5.41, 5.74) is -1.21. The highest BCUT2D eigenvalue weighted by Crippen LogP contribution is 2.62. The highest BCUT2D eigenvalue weighted by molar-refractivity contribution is 6.55. The van der Waals surface area contributed by atoms with Crippen LogP contribution in [0.25, 0.3) is 0 Å². The second-order valence-corrected chi connectivity index (χ2v) is 10.4. The topological polar surface area (TPSA) is 36.9 Å². The summed E-state index contributed by atoms with van der Waals surface area (Å²) in [6.45, 7) is 17.0. The molecule has 4 aliphatic rings. The number of fused-ring (bicyclic) bond motifs is 2. The zero-order chi connectivity index (χ0) is 18.4. The standard InChI is InChI=1S/C19H32B2O4/c1-16(2)17(3,4)23-20(22-16)14-12-9-10-13(11-12)15(14)21-24-18(5,6)19(7,8)25-21/h9-10,12-15H,11H2,1-8H3. The Balaban J connectivity index is 1.61. The minimum Gasteiger partial charge on any atom is -0.403 e. The average Bonchev–Trinajstić information content (AvgIpc) is 3.12. The molecule has 1 saturated carbocycles. The molecule has 0 N–H and O–H groups in total. The van der Waals surface area contributed by atoms with Crippen molar-refractivity contribution in [1.82, 2.24) is 0 Å². The van der Waals surface area contributed by atoms with Gasteiger partial charge in [0.25, 0.3) is 0 Å². The average molecular weight is 346 g/mol. The van der Waals surface area contributed by atoms with Gasteiger partial charge in [-0.25, -0.2) is 0 Å². The molecule has 0 aromatic carbocycles. The van der Waals surface area contributed by atoms with Gasteiger partial charge in [0.15, 0.2) is 0 Å². The van der Waals surface area contributed by atoms with Crippen molar-refractivity contribution in [3.05, 3.63) is 12.2 Å². The Hall–Kier alpha value is -0.290. The molecule has 2 bridgehead atoms. The highest BCUT2D eigenvalue weighted by atomic mass is 16.7. The van der Waals surface area contributed by atoms with Crippen LogP contribution < -0.4 is 0 Å². The molecule has 2 heterocycles. The minimum atomic E-state index is -0.302. The number of rotatable bonds is 2. The van der Waals surface area contributed by atoms with Gasteiger partial charge >= 0.3 is 14.2 Å². The second-order valence-electron chi connectivity index (χ2n) is 10.4. The van der Waals surface area contributed by atoms with Crippen LogP contribution in [0.2, 0.25) is 11.6 Å². The molecule has 0 aromatic heterocycles. The van der Waals surface area contributed by atoms with Gasteiger partial charge in [-0.3, -0.25) is 0 Å². The number of hydrogen-bond donors (Lipinski definition) is 0. The zero-order valence-electron chi connectivity index (χ0n) is 17.0. The third-order valence-electron chi connectivity index (χ3n) is 7.75. The van der Waals surface area contributed by atoms with Gasteiger partial charge in [0.05, 0.1) is 22.4 Å². The third-order valence-corrected chi connectivity index (χ3v) is 7.75. The highest BCUT2D eigenvalue weighted by Gasteiger charge is 2.65. The fraction of sp³-hybridized carbons (Fsp3) is 0.895. The molecular formula is C19H32B2O4. The van der Waals surface area contributed by atoms with Gasteiger partial charge in [0, 0.05) is 11.6 Å². The lowest BCUT2D eigenvalue weighted by molar-refractivity contribution is 0.00578. The van der Waals surface area contributed by atoms with E-state index in [-0.39, 0.29) is 48.3 Å². The number of hydrogen-bond acceptors (Lipinski definition) is 4. The van der Waals surface area contributed by atoms with E-state index in [1.54, 1.807) is 0 Å². The van der Waals surface area contributed by atoms with Gasteiger partial charge < -0.3 is 18.6 Å². The predicted molar refractivity (Wildman–Crippen MR) is 100 cm³/mol. The van der Waals surface area contributed by atoms with Crippen LogP contribution in [0.1, 0.15) is 61.8 Å². The van der Waals surface area contributed by atoms with Gasteiger partial charge in [-0.15, -0.1) is 0 Å². The van der Waals surface area contributed by atoms with Gasteiger partial charge in [-0.05, 0) is 73.6 Å². The van der Waals surface area contributed by atoms with E-state index in [0.717, 1.165) is 6.42 Å². The van der Waals surface area contributed by atoms with Crippen LogP contribution in [-0.4, -0.2) is 36.6 Å². The van der Waals surface area contributed by atoms with Crippen LogP contribution in [-0.2, 0) is 18.6 Å². The second kappa shape index (κ2) is 5.15. The molecule has 138 valence electrons. The van der Waals surface area contributed by atoms with Crippen molar-refractivity contribution < 1.29 is 18.6 Å². The Labute approximate surface area is 153 Å². The fourth-order valence-electron chi connectivity index (χ4n) is 4.76. The third kappa shape index (κ3) is 2.51. The lowest BCUT2D eigenvalue weighted by atomic mass is 9.50. The molecular weight excluding hydrogens is 314 g/mol. The molecule has 25 heavy (non-hydrogen) atoms. The largest absolute Gasteiger partial charge is 0.461 e. The summed E-state index contributed by atoms with van der Waals surface area (Å²) in [5.74, 6) is 1.55. The number of allylic oxidation sites excluding steroid dienone is 2. The Bertz CT molecular complexity index is 516. The Morgan fingerprint density at radius 2 is 0.880 bits per heavy atom. The van der Waals surface area contributed by atoms with E-state index >= 15 is 0 Å². The van der Waals surface area contributed by atoms with Crippen molar-refractivity contribution in [1.29, 1.82) is 0 Å². The maximum atomic E-state index is 6.43. The van der Waals surface area contributed by atoms with Crippen LogP contribution in [0.5, 0.6) is 0 Å². The first-order chi connectivity index (χ1) is 11.3. The van der Waals surface area contributed by atoms with Crippen molar-refractivity contribution in [3.8, 4) is 0 Å². The fourth-order valence-corrected chi connectivity index (χ4v) is 4.76. The van der Waals surface area contributed by atoms with E-state index in [2.05, 4.69) is 67.5 Å². The molecule has 0 aromatic rings. The van der Waals surface area contributed by atoms with Crippen molar-refractivity contribution in [2.24, 2.45) is 11.8 Å². The lowest BCUT2D eigenvalue weighted by Crippen LogP contribution is -2.41. The Morgan fingerprint density at radius 3 is 1.16 bits per heavy atom. The molecule has 0 amide bonds. The first kappa shape index (κ1) is 18.1. The van der Waals surface area contributed by atoms with Crippen molar-refractivity contribution in [2.45, 2.75) is 95.8 Å². The van der Waals surface area contributed by atoms with Gasteiger partial charge in [0.1, 0.15) is 0 Å². The van der Waals surface area contributed by atoms with Crippen molar-refractivity contribution in [2.75, 3.05) is 0 Å². The van der Waals surface area contributed by atoms with Gasteiger partial charge in [-0.2, -0.15) is 0 Å². The first-order valence-corrected chi connectivity index (χ1v) is 9.74. The van der Waals surface area contributed by atoms with Crippen molar-refractivity contribution in [3.63, 3.8) is 0 Å². The molecule has 2 aliphatic carbocycles. The van der Waals surface area contributed by atoms with E-state index in [0.29, 0.717) is 11.8 Å². The van der Waals surface area contributed by atoms with E-state index in [9.17, 15) is 0 Å². The van der Waals surface area contributed by atoms with E-state index in [1.165, 1.54) is 0 Å². The van der Waals surface area contributed by atoms with Crippen molar-refractivity contribution >= 4 is 14.2 Å².